The largest absolute Gasteiger partial charge is 0.476 e. The van der Waals surface area contributed by atoms with Crippen molar-refractivity contribution in [3.63, 3.8) is 0 Å². The molecule has 3 rings (SSSR count). The molecular weight excluding hydrogens is 404 g/mol. The third kappa shape index (κ3) is 5.28. The molecule has 0 saturated carbocycles. The first-order valence-corrected chi connectivity index (χ1v) is 11.6. The van der Waals surface area contributed by atoms with Gasteiger partial charge in [-0.3, -0.25) is 9.10 Å². The summed E-state index contributed by atoms with van der Waals surface area (Å²) in [5, 5.41) is 3.27. The summed E-state index contributed by atoms with van der Waals surface area (Å²) in [5.74, 6) is 0.0197. The average molecular weight is 431 g/mol. The number of nitrogens with one attached hydrogen (secondary N) is 1. The Balaban J connectivity index is 1.55. The first kappa shape index (κ1) is 21.2. The quantitative estimate of drug-likeness (QED) is 0.666. The molecule has 1 amide bonds. The van der Waals surface area contributed by atoms with Crippen LogP contribution in [-0.2, 0) is 14.8 Å². The van der Waals surface area contributed by atoms with Crippen LogP contribution in [-0.4, -0.2) is 89.3 Å². The van der Waals surface area contributed by atoms with Gasteiger partial charge in [0.2, 0.25) is 10.0 Å². The van der Waals surface area contributed by atoms with Gasteiger partial charge in [0, 0.05) is 37.7 Å². The van der Waals surface area contributed by atoms with E-state index in [1.165, 1.54) is 10.4 Å². The zero-order chi connectivity index (χ0) is 20.3. The standard InChI is InChI=1S/C18H27ClN4O4S/c1-21-8-10-22(11-9-21)7-3-6-20-18(24)17-13-23(28(2,25)26)15-12-14(19)4-5-16(15)27-17/h4-5,12,17H,3,6-11,13H2,1-2H3,(H,20,24)/t17-/m0/s1. The van der Waals surface area contributed by atoms with E-state index in [9.17, 15) is 13.2 Å². The van der Waals surface area contributed by atoms with E-state index >= 15 is 0 Å². The summed E-state index contributed by atoms with van der Waals surface area (Å²) in [6.07, 6.45) is 1.05. The number of ether oxygens (including phenoxy) is 1. The van der Waals surface area contributed by atoms with Crippen LogP contribution in [0.5, 0.6) is 5.75 Å². The Bertz CT molecular complexity index is 812. The van der Waals surface area contributed by atoms with Crippen molar-refractivity contribution in [1.82, 2.24) is 15.1 Å². The van der Waals surface area contributed by atoms with Gasteiger partial charge in [0.25, 0.3) is 5.91 Å². The van der Waals surface area contributed by atoms with Crippen LogP contribution >= 0.6 is 11.6 Å². The van der Waals surface area contributed by atoms with E-state index in [4.69, 9.17) is 16.3 Å². The van der Waals surface area contributed by atoms with Crippen molar-refractivity contribution in [2.24, 2.45) is 0 Å². The minimum absolute atomic E-state index is 0.0729. The van der Waals surface area contributed by atoms with Gasteiger partial charge in [-0.25, -0.2) is 8.42 Å². The molecule has 1 atom stereocenters. The van der Waals surface area contributed by atoms with Crippen LogP contribution in [0.25, 0.3) is 0 Å². The number of nitrogens with zero attached hydrogens (tertiary/aromatic N) is 3. The lowest BCUT2D eigenvalue weighted by Gasteiger charge is -2.34. The molecule has 2 aliphatic heterocycles. The number of likely N-dealkylation sites (N-methyl/N-ethyl adjacent to an activating group) is 1. The number of carbonyl (C=O) groups is 1. The van der Waals surface area contributed by atoms with Crippen molar-refractivity contribution in [2.75, 3.05) is 63.4 Å². The smallest absolute Gasteiger partial charge is 0.263 e. The second-order valence-electron chi connectivity index (χ2n) is 7.30. The Morgan fingerprint density at radius 2 is 2.00 bits per heavy atom. The molecule has 0 radical (unpaired) electrons. The molecule has 0 unspecified atom stereocenters. The van der Waals surface area contributed by atoms with Gasteiger partial charge in [0.15, 0.2) is 6.10 Å². The molecule has 1 aromatic rings. The van der Waals surface area contributed by atoms with Crippen molar-refractivity contribution in [3.8, 4) is 5.75 Å². The predicted molar refractivity (Wildman–Crippen MR) is 110 cm³/mol. The van der Waals surface area contributed by atoms with E-state index in [-0.39, 0.29) is 12.5 Å². The highest BCUT2D eigenvalue weighted by Crippen LogP contribution is 2.37. The number of fused-ring (bicyclic) bond motifs is 1. The first-order chi connectivity index (χ1) is 13.2. The van der Waals surface area contributed by atoms with Gasteiger partial charge in [0.05, 0.1) is 18.5 Å². The van der Waals surface area contributed by atoms with E-state index in [1.807, 2.05) is 0 Å². The lowest BCUT2D eigenvalue weighted by atomic mass is 10.2. The summed E-state index contributed by atoms with van der Waals surface area (Å²) in [7, 11) is -1.44. The van der Waals surface area contributed by atoms with Gasteiger partial charge in [-0.2, -0.15) is 0 Å². The van der Waals surface area contributed by atoms with Gasteiger partial charge in [0.1, 0.15) is 5.75 Å². The Morgan fingerprint density at radius 3 is 2.68 bits per heavy atom. The van der Waals surface area contributed by atoms with Gasteiger partial charge in [-0.05, 0) is 38.2 Å². The van der Waals surface area contributed by atoms with Crippen molar-refractivity contribution < 1.29 is 17.9 Å². The van der Waals surface area contributed by atoms with Crippen molar-refractivity contribution >= 4 is 33.2 Å². The summed E-state index contributed by atoms with van der Waals surface area (Å²) in [4.78, 5) is 17.2. The van der Waals surface area contributed by atoms with E-state index < -0.39 is 16.1 Å². The summed E-state index contributed by atoms with van der Waals surface area (Å²) in [5.41, 5.74) is 0.356. The maximum atomic E-state index is 12.5. The molecule has 2 aliphatic rings. The molecule has 1 fully saturated rings. The van der Waals surface area contributed by atoms with E-state index in [0.29, 0.717) is 23.0 Å². The van der Waals surface area contributed by atoms with E-state index in [0.717, 1.165) is 45.4 Å². The Morgan fingerprint density at radius 1 is 1.29 bits per heavy atom. The molecule has 1 saturated heterocycles. The second-order valence-corrected chi connectivity index (χ2v) is 9.65. The average Bonchev–Trinajstić information content (AvgIpc) is 2.64. The van der Waals surface area contributed by atoms with Gasteiger partial charge in [-0.1, -0.05) is 11.6 Å². The Labute approximate surface area is 171 Å². The molecular formula is C18H27ClN4O4S. The summed E-state index contributed by atoms with van der Waals surface area (Å²) < 4.78 is 31.3. The lowest BCUT2D eigenvalue weighted by Crippen LogP contribution is -2.51. The number of anilines is 1. The molecule has 156 valence electrons. The first-order valence-electron chi connectivity index (χ1n) is 9.36. The van der Waals surface area contributed by atoms with Gasteiger partial charge >= 0.3 is 0 Å². The zero-order valence-electron chi connectivity index (χ0n) is 16.2. The zero-order valence-corrected chi connectivity index (χ0v) is 17.8. The SMILES string of the molecule is CN1CCN(CCCNC(=O)[C@@H]2CN(S(C)(=O)=O)c3cc(Cl)ccc3O2)CC1. The molecule has 0 aromatic heterocycles. The molecule has 2 heterocycles. The topological polar surface area (TPSA) is 82.2 Å². The lowest BCUT2D eigenvalue weighted by molar-refractivity contribution is -0.127. The molecule has 10 heteroatoms. The summed E-state index contributed by atoms with van der Waals surface area (Å²) >= 11 is 5.98. The summed E-state index contributed by atoms with van der Waals surface area (Å²) in [6, 6.07) is 4.72. The van der Waals surface area contributed by atoms with Gasteiger partial charge in [-0.15, -0.1) is 0 Å². The van der Waals surface area contributed by atoms with Crippen LogP contribution in [0.1, 0.15) is 6.42 Å². The fraction of sp³-hybridized carbons (Fsp3) is 0.611. The van der Waals surface area contributed by atoms with E-state index in [2.05, 4.69) is 22.2 Å². The number of amides is 1. The van der Waals surface area contributed by atoms with Crippen LogP contribution in [0, 0.1) is 0 Å². The highest BCUT2D eigenvalue weighted by Gasteiger charge is 2.35. The third-order valence-electron chi connectivity index (χ3n) is 5.03. The fourth-order valence-corrected chi connectivity index (χ4v) is 4.45. The fourth-order valence-electron chi connectivity index (χ4n) is 3.37. The highest BCUT2D eigenvalue weighted by atomic mass is 35.5. The number of hydrogen-bond acceptors (Lipinski definition) is 6. The number of sulfonamides is 1. The highest BCUT2D eigenvalue weighted by molar-refractivity contribution is 7.92. The molecule has 28 heavy (non-hydrogen) atoms. The molecule has 1 aromatic carbocycles. The minimum Gasteiger partial charge on any atom is -0.476 e. The molecule has 1 N–H and O–H groups in total. The van der Waals surface area contributed by atoms with Crippen molar-refractivity contribution in [1.29, 1.82) is 0 Å². The number of benzene rings is 1. The number of carbonyl (C=O) groups excluding carboxylic acids is 1. The second kappa shape index (κ2) is 8.86. The number of rotatable bonds is 6. The number of piperazine rings is 1. The number of halogens is 1. The normalized spacial score (nSPS) is 21.1. The molecule has 0 aliphatic carbocycles. The van der Waals surface area contributed by atoms with Crippen LogP contribution in [0.4, 0.5) is 5.69 Å². The minimum atomic E-state index is -3.56. The molecule has 0 spiro atoms. The van der Waals surface area contributed by atoms with Crippen molar-refractivity contribution in [3.05, 3.63) is 23.2 Å². The Hall–Kier alpha value is -1.55. The van der Waals surface area contributed by atoms with Gasteiger partial charge < -0.3 is 19.9 Å². The monoisotopic (exact) mass is 430 g/mol. The van der Waals surface area contributed by atoms with Crippen LogP contribution in [0.15, 0.2) is 18.2 Å². The van der Waals surface area contributed by atoms with Crippen LogP contribution < -0.4 is 14.4 Å². The van der Waals surface area contributed by atoms with Crippen LogP contribution in [0.3, 0.4) is 0 Å². The maximum Gasteiger partial charge on any atom is 0.263 e. The molecule has 0 bridgehead atoms. The van der Waals surface area contributed by atoms with E-state index in [1.54, 1.807) is 12.1 Å². The maximum absolute atomic E-state index is 12.5. The summed E-state index contributed by atoms with van der Waals surface area (Å²) in [6.45, 7) is 5.59. The Kier molecular flexibility index (Phi) is 6.69. The van der Waals surface area contributed by atoms with Crippen molar-refractivity contribution in [2.45, 2.75) is 12.5 Å². The van der Waals surface area contributed by atoms with Crippen LogP contribution in [0.2, 0.25) is 5.02 Å². The molecule has 8 nitrogen and oxygen atoms in total. The third-order valence-corrected chi connectivity index (χ3v) is 6.41. The number of hydrogen-bond donors (Lipinski definition) is 1. The predicted octanol–water partition coefficient (Wildman–Crippen LogP) is 0.621.